The molecule has 0 spiro atoms. The number of aromatic nitrogens is 7. The molecule has 10 heteroatoms. The van der Waals surface area contributed by atoms with Crippen molar-refractivity contribution in [3.8, 4) is 5.95 Å². The van der Waals surface area contributed by atoms with E-state index in [1.165, 1.54) is 17.3 Å². The van der Waals surface area contributed by atoms with Gasteiger partial charge in [0, 0.05) is 7.05 Å². The van der Waals surface area contributed by atoms with Gasteiger partial charge in [-0.2, -0.15) is 24.7 Å². The summed E-state index contributed by atoms with van der Waals surface area (Å²) in [5.74, 6) is 2.47. The third-order valence-corrected chi connectivity index (χ3v) is 2.54. The number of oxazole rings is 1. The minimum absolute atomic E-state index is 0.359. The molecule has 3 heterocycles. The molecule has 108 valence electrons. The van der Waals surface area contributed by atoms with Gasteiger partial charge in [-0.3, -0.25) is 0 Å². The first kappa shape index (κ1) is 13.0. The Morgan fingerprint density at radius 3 is 2.76 bits per heavy atom. The van der Waals surface area contributed by atoms with E-state index in [1.54, 1.807) is 13.2 Å². The second-order valence-corrected chi connectivity index (χ2v) is 4.09. The van der Waals surface area contributed by atoms with Gasteiger partial charge in [0.1, 0.15) is 18.4 Å². The van der Waals surface area contributed by atoms with E-state index in [-0.39, 0.29) is 0 Å². The van der Waals surface area contributed by atoms with Crippen molar-refractivity contribution >= 4 is 11.9 Å². The first-order valence-corrected chi connectivity index (χ1v) is 6.18. The Kier molecular flexibility index (Phi) is 3.41. The average Bonchev–Trinajstić information content (AvgIpc) is 3.16. The van der Waals surface area contributed by atoms with Crippen LogP contribution in [0.5, 0.6) is 0 Å². The molecule has 0 unspecified atom stereocenters. The molecule has 3 aromatic rings. The molecule has 0 bridgehead atoms. The van der Waals surface area contributed by atoms with Crippen molar-refractivity contribution in [1.29, 1.82) is 0 Å². The number of nitrogens with zero attached hydrogens (tertiary/aromatic N) is 7. The molecular formula is C11H13N9O. The van der Waals surface area contributed by atoms with Crippen LogP contribution in [0.1, 0.15) is 11.7 Å². The number of hydrogen-bond donors (Lipinski definition) is 2. The molecule has 0 saturated heterocycles. The molecular weight excluding hydrogens is 274 g/mol. The van der Waals surface area contributed by atoms with Crippen LogP contribution >= 0.6 is 0 Å². The molecule has 0 amide bonds. The van der Waals surface area contributed by atoms with Crippen LogP contribution in [0.25, 0.3) is 5.95 Å². The third-order valence-electron chi connectivity index (χ3n) is 2.54. The van der Waals surface area contributed by atoms with Gasteiger partial charge in [0.05, 0.1) is 12.7 Å². The Labute approximate surface area is 119 Å². The Bertz CT molecular complexity index is 721. The zero-order chi connectivity index (χ0) is 14.7. The standard InChI is InChI=1S/C11H13N9O/c1-7-3-14-8(21-7)4-15-10-17-9(12-2)18-11(19-10)20-6-13-5-16-20/h3,5-6H,4H2,1-2H3,(H2,12,15,17,18,19). The summed E-state index contributed by atoms with van der Waals surface area (Å²) in [6.45, 7) is 2.21. The molecule has 2 N–H and O–H groups in total. The summed E-state index contributed by atoms with van der Waals surface area (Å²) in [7, 11) is 1.72. The van der Waals surface area contributed by atoms with Crippen LogP contribution in [0.15, 0.2) is 23.3 Å². The fourth-order valence-electron chi connectivity index (χ4n) is 1.61. The van der Waals surface area contributed by atoms with Gasteiger partial charge >= 0.3 is 0 Å². The highest BCUT2D eigenvalue weighted by atomic mass is 16.4. The van der Waals surface area contributed by atoms with Gasteiger partial charge in [-0.25, -0.2) is 9.97 Å². The maximum absolute atomic E-state index is 5.38. The second kappa shape index (κ2) is 5.53. The van der Waals surface area contributed by atoms with Crippen molar-refractivity contribution < 1.29 is 4.42 Å². The fraction of sp³-hybridized carbons (Fsp3) is 0.273. The van der Waals surface area contributed by atoms with Gasteiger partial charge in [0.15, 0.2) is 0 Å². The second-order valence-electron chi connectivity index (χ2n) is 4.09. The van der Waals surface area contributed by atoms with Gasteiger partial charge in [-0.1, -0.05) is 0 Å². The first-order chi connectivity index (χ1) is 10.2. The smallest absolute Gasteiger partial charge is 0.258 e. The molecule has 0 fully saturated rings. The number of rotatable bonds is 5. The summed E-state index contributed by atoms with van der Waals surface area (Å²) in [5.41, 5.74) is 0. The van der Waals surface area contributed by atoms with E-state index in [9.17, 15) is 0 Å². The highest BCUT2D eigenvalue weighted by Crippen LogP contribution is 2.09. The average molecular weight is 287 g/mol. The Hall–Kier alpha value is -3.04. The van der Waals surface area contributed by atoms with Crippen LogP contribution in [0.3, 0.4) is 0 Å². The van der Waals surface area contributed by atoms with Gasteiger partial charge in [-0.15, -0.1) is 0 Å². The van der Waals surface area contributed by atoms with Crippen LogP contribution in [-0.2, 0) is 6.54 Å². The Balaban J connectivity index is 1.82. The van der Waals surface area contributed by atoms with E-state index in [2.05, 4.69) is 40.7 Å². The highest BCUT2D eigenvalue weighted by Gasteiger charge is 2.09. The van der Waals surface area contributed by atoms with Crippen molar-refractivity contribution in [2.75, 3.05) is 17.7 Å². The minimum atomic E-state index is 0.359. The number of aryl methyl sites for hydroxylation is 1. The van der Waals surface area contributed by atoms with Crippen LogP contribution in [0.4, 0.5) is 11.9 Å². The summed E-state index contributed by atoms with van der Waals surface area (Å²) in [6, 6.07) is 0. The number of nitrogens with one attached hydrogen (secondary N) is 2. The molecule has 10 nitrogen and oxygen atoms in total. The van der Waals surface area contributed by atoms with E-state index in [0.29, 0.717) is 30.3 Å². The quantitative estimate of drug-likeness (QED) is 0.687. The Morgan fingerprint density at radius 2 is 2.10 bits per heavy atom. The zero-order valence-electron chi connectivity index (χ0n) is 11.5. The molecule has 3 aromatic heterocycles. The van der Waals surface area contributed by atoms with Gasteiger partial charge in [0.2, 0.25) is 17.8 Å². The molecule has 0 radical (unpaired) electrons. The van der Waals surface area contributed by atoms with Crippen LogP contribution in [0.2, 0.25) is 0 Å². The predicted octanol–water partition coefficient (Wildman–Crippen LogP) is 0.403. The van der Waals surface area contributed by atoms with Crippen molar-refractivity contribution in [1.82, 2.24) is 34.7 Å². The van der Waals surface area contributed by atoms with Crippen molar-refractivity contribution in [2.45, 2.75) is 13.5 Å². The third kappa shape index (κ3) is 2.94. The van der Waals surface area contributed by atoms with Crippen LogP contribution in [-0.4, -0.2) is 41.7 Å². The van der Waals surface area contributed by atoms with Gasteiger partial charge in [-0.05, 0) is 6.92 Å². The molecule has 0 atom stereocenters. The van der Waals surface area contributed by atoms with Crippen molar-refractivity contribution in [3.63, 3.8) is 0 Å². The van der Waals surface area contributed by atoms with Crippen LogP contribution in [0, 0.1) is 6.92 Å². The summed E-state index contributed by atoms with van der Waals surface area (Å²) < 4.78 is 6.82. The molecule has 0 aliphatic rings. The lowest BCUT2D eigenvalue weighted by atomic mass is 10.6. The summed E-state index contributed by atoms with van der Waals surface area (Å²) in [6.07, 6.45) is 4.58. The monoisotopic (exact) mass is 287 g/mol. The highest BCUT2D eigenvalue weighted by molar-refractivity contribution is 5.37. The van der Waals surface area contributed by atoms with E-state index in [1.807, 2.05) is 6.92 Å². The zero-order valence-corrected chi connectivity index (χ0v) is 11.5. The van der Waals surface area contributed by atoms with Crippen molar-refractivity contribution in [2.24, 2.45) is 0 Å². The molecule has 3 rings (SSSR count). The predicted molar refractivity (Wildman–Crippen MR) is 72.9 cm³/mol. The molecule has 0 saturated carbocycles. The van der Waals surface area contributed by atoms with Gasteiger partial charge in [0.25, 0.3) is 5.95 Å². The Morgan fingerprint density at radius 1 is 1.24 bits per heavy atom. The summed E-state index contributed by atoms with van der Waals surface area (Å²) in [5, 5.41) is 9.89. The van der Waals surface area contributed by atoms with Gasteiger partial charge < -0.3 is 15.1 Å². The number of hydrogen-bond acceptors (Lipinski definition) is 9. The normalized spacial score (nSPS) is 10.6. The summed E-state index contributed by atoms with van der Waals surface area (Å²) >= 11 is 0. The van der Waals surface area contributed by atoms with Crippen molar-refractivity contribution in [3.05, 3.63) is 30.5 Å². The fourth-order valence-corrected chi connectivity index (χ4v) is 1.61. The first-order valence-electron chi connectivity index (χ1n) is 6.18. The lowest BCUT2D eigenvalue weighted by Crippen LogP contribution is -2.11. The topological polar surface area (TPSA) is 119 Å². The molecule has 21 heavy (non-hydrogen) atoms. The lowest BCUT2D eigenvalue weighted by Gasteiger charge is -2.06. The maximum Gasteiger partial charge on any atom is 0.258 e. The van der Waals surface area contributed by atoms with E-state index in [4.69, 9.17) is 4.42 Å². The minimum Gasteiger partial charge on any atom is -0.444 e. The maximum atomic E-state index is 5.38. The molecule has 0 aliphatic carbocycles. The van der Waals surface area contributed by atoms with E-state index < -0.39 is 0 Å². The van der Waals surface area contributed by atoms with E-state index in [0.717, 1.165) is 5.76 Å². The number of anilines is 2. The largest absolute Gasteiger partial charge is 0.444 e. The van der Waals surface area contributed by atoms with E-state index >= 15 is 0 Å². The summed E-state index contributed by atoms with van der Waals surface area (Å²) in [4.78, 5) is 20.6. The molecule has 0 aromatic carbocycles. The lowest BCUT2D eigenvalue weighted by molar-refractivity contribution is 0.478. The van der Waals surface area contributed by atoms with Crippen LogP contribution < -0.4 is 10.6 Å². The SMILES string of the molecule is CNc1nc(NCc2ncc(C)o2)nc(-n2cncn2)n1. The molecule has 0 aliphatic heterocycles.